The standard InChI is InChI=1S/C19H15FN4O2/c1-2-18(25)24-7-8-26-17-10-15-14(9-16(17)24)19(22-11-21-15)23-13-5-3-12(20)4-6-13/h2-6,9-11H,1,7-8H2,(H,21,22,23). The molecule has 130 valence electrons. The number of anilines is 3. The van der Waals surface area contributed by atoms with Crippen molar-refractivity contribution in [2.24, 2.45) is 0 Å². The third-order valence-corrected chi connectivity index (χ3v) is 4.13. The number of nitrogens with one attached hydrogen (secondary N) is 1. The molecule has 1 aromatic heterocycles. The number of carbonyl (C=O) groups excluding carboxylic acids is 1. The number of fused-ring (bicyclic) bond motifs is 2. The first kappa shape index (κ1) is 16.0. The van der Waals surface area contributed by atoms with Crippen molar-refractivity contribution in [2.75, 3.05) is 23.4 Å². The highest BCUT2D eigenvalue weighted by Crippen LogP contribution is 2.37. The summed E-state index contributed by atoms with van der Waals surface area (Å²) in [5.41, 5.74) is 2.02. The molecule has 3 aromatic rings. The van der Waals surface area contributed by atoms with Gasteiger partial charge in [0, 0.05) is 17.1 Å². The third kappa shape index (κ3) is 2.83. The minimum atomic E-state index is -0.312. The zero-order valence-electron chi connectivity index (χ0n) is 13.8. The van der Waals surface area contributed by atoms with Crippen LogP contribution in [0.3, 0.4) is 0 Å². The van der Waals surface area contributed by atoms with Gasteiger partial charge in [-0.25, -0.2) is 14.4 Å². The van der Waals surface area contributed by atoms with Crippen molar-refractivity contribution >= 4 is 34.0 Å². The van der Waals surface area contributed by atoms with Crippen LogP contribution in [0.25, 0.3) is 10.9 Å². The summed E-state index contributed by atoms with van der Waals surface area (Å²) in [6.45, 7) is 4.40. The summed E-state index contributed by atoms with van der Waals surface area (Å²) in [5.74, 6) is 0.637. The van der Waals surface area contributed by atoms with Gasteiger partial charge in [0.05, 0.1) is 17.7 Å². The van der Waals surface area contributed by atoms with Crippen molar-refractivity contribution in [3.05, 3.63) is 61.2 Å². The van der Waals surface area contributed by atoms with Gasteiger partial charge in [-0.1, -0.05) is 6.58 Å². The fourth-order valence-corrected chi connectivity index (χ4v) is 2.88. The lowest BCUT2D eigenvalue weighted by molar-refractivity contribution is -0.114. The highest BCUT2D eigenvalue weighted by molar-refractivity contribution is 6.05. The normalized spacial score (nSPS) is 13.0. The van der Waals surface area contributed by atoms with E-state index in [0.29, 0.717) is 41.6 Å². The van der Waals surface area contributed by atoms with E-state index in [1.54, 1.807) is 23.1 Å². The molecule has 0 unspecified atom stereocenters. The summed E-state index contributed by atoms with van der Waals surface area (Å²) < 4.78 is 18.8. The van der Waals surface area contributed by atoms with E-state index in [0.717, 1.165) is 5.39 Å². The van der Waals surface area contributed by atoms with E-state index in [4.69, 9.17) is 4.74 Å². The first-order valence-corrected chi connectivity index (χ1v) is 8.04. The van der Waals surface area contributed by atoms with Crippen molar-refractivity contribution in [2.45, 2.75) is 0 Å². The van der Waals surface area contributed by atoms with Gasteiger partial charge in [0.25, 0.3) is 5.91 Å². The Morgan fingerprint density at radius 1 is 1.27 bits per heavy atom. The van der Waals surface area contributed by atoms with Gasteiger partial charge in [0.15, 0.2) is 0 Å². The quantitative estimate of drug-likeness (QED) is 0.733. The van der Waals surface area contributed by atoms with E-state index in [-0.39, 0.29) is 11.7 Å². The molecule has 0 spiro atoms. The Labute approximate surface area is 148 Å². The lowest BCUT2D eigenvalue weighted by atomic mass is 10.1. The maximum absolute atomic E-state index is 13.1. The molecule has 0 radical (unpaired) electrons. The van der Waals surface area contributed by atoms with E-state index < -0.39 is 0 Å². The average Bonchev–Trinajstić information content (AvgIpc) is 2.67. The van der Waals surface area contributed by atoms with Crippen molar-refractivity contribution in [3.63, 3.8) is 0 Å². The first-order valence-electron chi connectivity index (χ1n) is 8.04. The Kier molecular flexibility index (Phi) is 3.96. The average molecular weight is 350 g/mol. The van der Waals surface area contributed by atoms with Gasteiger partial charge in [-0.05, 0) is 36.4 Å². The molecular weight excluding hydrogens is 335 g/mol. The summed E-state index contributed by atoms with van der Waals surface area (Å²) in [7, 11) is 0. The molecule has 1 N–H and O–H groups in total. The summed E-state index contributed by atoms with van der Waals surface area (Å²) in [6.07, 6.45) is 2.72. The molecule has 0 fully saturated rings. The van der Waals surface area contributed by atoms with E-state index in [1.807, 2.05) is 6.07 Å². The van der Waals surface area contributed by atoms with Gasteiger partial charge in [0.1, 0.15) is 30.3 Å². The van der Waals surface area contributed by atoms with Crippen LogP contribution in [-0.4, -0.2) is 29.0 Å². The molecular formula is C19H15FN4O2. The Hall–Kier alpha value is -3.48. The van der Waals surface area contributed by atoms with Gasteiger partial charge in [-0.3, -0.25) is 4.79 Å². The van der Waals surface area contributed by atoms with Crippen molar-refractivity contribution in [1.29, 1.82) is 0 Å². The number of nitrogens with zero attached hydrogens (tertiary/aromatic N) is 3. The van der Waals surface area contributed by atoms with E-state index in [9.17, 15) is 9.18 Å². The highest BCUT2D eigenvalue weighted by Gasteiger charge is 2.23. The summed E-state index contributed by atoms with van der Waals surface area (Å²) in [5, 5.41) is 3.88. The molecule has 1 aliphatic rings. The van der Waals surface area contributed by atoms with Crippen molar-refractivity contribution in [1.82, 2.24) is 9.97 Å². The number of benzene rings is 2. The number of hydrogen-bond acceptors (Lipinski definition) is 5. The molecule has 1 amide bonds. The van der Waals surface area contributed by atoms with Gasteiger partial charge in [-0.2, -0.15) is 0 Å². The molecule has 0 saturated carbocycles. The maximum atomic E-state index is 13.1. The number of amides is 1. The molecule has 7 heteroatoms. The van der Waals surface area contributed by atoms with Crippen molar-refractivity contribution < 1.29 is 13.9 Å². The van der Waals surface area contributed by atoms with Crippen LogP contribution in [0.1, 0.15) is 0 Å². The van der Waals surface area contributed by atoms with Gasteiger partial charge in [0.2, 0.25) is 0 Å². The molecule has 4 rings (SSSR count). The predicted molar refractivity (Wildman–Crippen MR) is 97.3 cm³/mol. The fourth-order valence-electron chi connectivity index (χ4n) is 2.88. The second-order valence-corrected chi connectivity index (χ2v) is 5.73. The molecule has 0 bridgehead atoms. The Morgan fingerprint density at radius 3 is 2.85 bits per heavy atom. The zero-order valence-corrected chi connectivity index (χ0v) is 13.8. The number of ether oxygens (including phenoxy) is 1. The van der Waals surface area contributed by atoms with Crippen LogP contribution < -0.4 is 15.0 Å². The summed E-state index contributed by atoms with van der Waals surface area (Å²) in [4.78, 5) is 22.3. The Balaban J connectivity index is 1.81. The second-order valence-electron chi connectivity index (χ2n) is 5.73. The predicted octanol–water partition coefficient (Wildman–Crippen LogP) is 3.42. The molecule has 2 aromatic carbocycles. The molecule has 2 heterocycles. The molecule has 26 heavy (non-hydrogen) atoms. The van der Waals surface area contributed by atoms with Crippen LogP contribution in [0, 0.1) is 5.82 Å². The molecule has 6 nitrogen and oxygen atoms in total. The van der Waals surface area contributed by atoms with Crippen LogP contribution >= 0.6 is 0 Å². The minimum absolute atomic E-state index is 0.196. The van der Waals surface area contributed by atoms with Gasteiger partial charge < -0.3 is 15.0 Å². The summed E-state index contributed by atoms with van der Waals surface area (Å²) in [6, 6.07) is 9.58. The molecule has 0 saturated heterocycles. The number of hydrogen-bond donors (Lipinski definition) is 1. The number of aromatic nitrogens is 2. The minimum Gasteiger partial charge on any atom is -0.489 e. The molecule has 1 aliphatic heterocycles. The van der Waals surface area contributed by atoms with Crippen LogP contribution in [0.5, 0.6) is 5.75 Å². The zero-order chi connectivity index (χ0) is 18.1. The fraction of sp³-hybridized carbons (Fsp3) is 0.105. The monoisotopic (exact) mass is 350 g/mol. The van der Waals surface area contributed by atoms with Crippen LogP contribution in [0.4, 0.5) is 21.6 Å². The molecule has 0 aliphatic carbocycles. The Morgan fingerprint density at radius 2 is 2.08 bits per heavy atom. The van der Waals surface area contributed by atoms with E-state index >= 15 is 0 Å². The first-order chi connectivity index (χ1) is 12.7. The Bertz CT molecular complexity index is 1000. The third-order valence-electron chi connectivity index (χ3n) is 4.13. The van der Waals surface area contributed by atoms with E-state index in [2.05, 4.69) is 21.9 Å². The second kappa shape index (κ2) is 6.44. The van der Waals surface area contributed by atoms with Crippen LogP contribution in [-0.2, 0) is 4.79 Å². The lowest BCUT2D eigenvalue weighted by Crippen LogP contribution is -2.36. The van der Waals surface area contributed by atoms with Crippen LogP contribution in [0.2, 0.25) is 0 Å². The van der Waals surface area contributed by atoms with Crippen molar-refractivity contribution in [3.8, 4) is 5.75 Å². The SMILES string of the molecule is C=CC(=O)N1CCOc2cc3ncnc(Nc4ccc(F)cc4)c3cc21. The topological polar surface area (TPSA) is 67.4 Å². The van der Waals surface area contributed by atoms with Gasteiger partial charge >= 0.3 is 0 Å². The van der Waals surface area contributed by atoms with E-state index in [1.165, 1.54) is 24.5 Å². The maximum Gasteiger partial charge on any atom is 0.250 e. The molecule has 0 atom stereocenters. The lowest BCUT2D eigenvalue weighted by Gasteiger charge is -2.29. The largest absolute Gasteiger partial charge is 0.489 e. The smallest absolute Gasteiger partial charge is 0.250 e. The number of rotatable bonds is 3. The highest BCUT2D eigenvalue weighted by atomic mass is 19.1. The summed E-state index contributed by atoms with van der Waals surface area (Å²) >= 11 is 0. The number of halogens is 1. The van der Waals surface area contributed by atoms with Gasteiger partial charge in [-0.15, -0.1) is 0 Å². The van der Waals surface area contributed by atoms with Crippen LogP contribution in [0.15, 0.2) is 55.4 Å². The number of carbonyl (C=O) groups is 1.